The number of carbonyl (C=O) groups is 4. The lowest BCUT2D eigenvalue weighted by Crippen LogP contribution is -2.78. The lowest BCUT2D eigenvalue weighted by Gasteiger charge is -2.56. The molecule has 8 atom stereocenters. The Morgan fingerprint density at radius 1 is 1.19 bits per heavy atom. The Bertz CT molecular complexity index is 761. The molecule has 0 aromatic rings. The lowest BCUT2D eigenvalue weighted by atomic mass is 9.51. The molecule has 3 rings (SSSR count). The highest BCUT2D eigenvalue weighted by atomic mass is 16.3. The predicted molar refractivity (Wildman–Crippen MR) is 91.0 cm³/mol. The molecule has 1 amide bonds. The van der Waals surface area contributed by atoms with Crippen LogP contribution in [0.5, 0.6) is 0 Å². The van der Waals surface area contributed by atoms with Crippen LogP contribution < -0.4 is 5.73 Å². The van der Waals surface area contributed by atoms with Gasteiger partial charge in [-0.25, -0.2) is 0 Å². The van der Waals surface area contributed by atoms with Gasteiger partial charge in [-0.1, -0.05) is 11.6 Å². The number of Topliss-reactive ketones (excluding diaryl/α,β-unsaturated/α-hetero) is 3. The van der Waals surface area contributed by atoms with Crippen molar-refractivity contribution in [2.75, 3.05) is 14.1 Å². The molecule has 27 heavy (non-hydrogen) atoms. The largest absolute Gasteiger partial charge is 0.392 e. The van der Waals surface area contributed by atoms with E-state index < -0.39 is 70.8 Å². The molecule has 0 aromatic carbocycles. The number of nitrogens with zero attached hydrogens (tertiary/aromatic N) is 1. The van der Waals surface area contributed by atoms with Crippen molar-refractivity contribution >= 4 is 23.3 Å². The minimum atomic E-state index is -2.78. The van der Waals surface area contributed by atoms with E-state index in [4.69, 9.17) is 5.73 Å². The van der Waals surface area contributed by atoms with Gasteiger partial charge in [0.05, 0.1) is 18.1 Å². The summed E-state index contributed by atoms with van der Waals surface area (Å²) < 4.78 is 0. The smallest absolute Gasteiger partial charge is 0.230 e. The average Bonchev–Trinajstić information content (AvgIpc) is 2.56. The molecular weight excluding hydrogens is 356 g/mol. The lowest BCUT2D eigenvalue weighted by molar-refractivity contribution is -0.207. The number of ketones is 3. The Labute approximate surface area is 155 Å². The van der Waals surface area contributed by atoms with Crippen LogP contribution in [0.15, 0.2) is 11.6 Å². The zero-order valence-electron chi connectivity index (χ0n) is 15.3. The summed E-state index contributed by atoms with van der Waals surface area (Å²) in [5, 5.41) is 32.9. The molecule has 0 saturated heterocycles. The van der Waals surface area contributed by atoms with Crippen molar-refractivity contribution < 1.29 is 34.5 Å². The molecular formula is C18H24N2O7. The Morgan fingerprint density at radius 3 is 2.30 bits per heavy atom. The molecule has 2 fully saturated rings. The fourth-order valence-electron chi connectivity index (χ4n) is 5.10. The zero-order chi connectivity index (χ0) is 20.4. The van der Waals surface area contributed by atoms with Crippen molar-refractivity contribution in [3.8, 4) is 0 Å². The molecule has 9 nitrogen and oxygen atoms in total. The standard InChI is InChI=1S/C18H24N2O7/c1-6-4-5-7(21)9-8(6)13(22)11-12(20(2)3)14(23)10(17(19)26)16(25)18(11,27)15(9)24/h4,8-14,22-23,27H,5H2,1-3H3,(H2,19,26)/t8?,9?,10?,11?,12?,13?,14?,18-/m0/s1. The van der Waals surface area contributed by atoms with Gasteiger partial charge >= 0.3 is 0 Å². The summed E-state index contributed by atoms with van der Waals surface area (Å²) >= 11 is 0. The first kappa shape index (κ1) is 19.8. The number of allylic oxidation sites excluding steroid dienone is 1. The van der Waals surface area contributed by atoms with E-state index in [2.05, 4.69) is 0 Å². The number of aliphatic hydroxyl groups is 3. The topological polar surface area (TPSA) is 158 Å². The number of hydrogen-bond acceptors (Lipinski definition) is 8. The first-order chi connectivity index (χ1) is 12.5. The quantitative estimate of drug-likeness (QED) is 0.300. The van der Waals surface area contributed by atoms with Gasteiger partial charge in [0.1, 0.15) is 11.7 Å². The van der Waals surface area contributed by atoms with Crippen LogP contribution >= 0.6 is 0 Å². The SMILES string of the molecule is CC1=CCC(=O)C2C(=O)[C@]3(O)C(=O)C(C(N)=O)C(O)C(N(C)C)C3C(O)C12. The van der Waals surface area contributed by atoms with Crippen LogP contribution in [-0.4, -0.2) is 81.4 Å². The highest BCUT2D eigenvalue weighted by molar-refractivity contribution is 6.23. The maximum absolute atomic E-state index is 13.2. The van der Waals surface area contributed by atoms with E-state index in [1.807, 2.05) is 0 Å². The van der Waals surface area contributed by atoms with Crippen molar-refractivity contribution in [3.05, 3.63) is 11.6 Å². The number of aliphatic hydroxyl groups excluding tert-OH is 2. The van der Waals surface area contributed by atoms with Crippen LogP contribution in [0.3, 0.4) is 0 Å². The van der Waals surface area contributed by atoms with Gasteiger partial charge in [-0.2, -0.15) is 0 Å². The van der Waals surface area contributed by atoms with Crippen molar-refractivity contribution in [3.63, 3.8) is 0 Å². The third kappa shape index (κ3) is 2.46. The number of hydrogen-bond donors (Lipinski definition) is 4. The van der Waals surface area contributed by atoms with E-state index in [0.29, 0.717) is 5.57 Å². The van der Waals surface area contributed by atoms with Gasteiger partial charge in [0, 0.05) is 24.3 Å². The third-order valence-corrected chi connectivity index (χ3v) is 6.35. The Kier molecular flexibility index (Phi) is 4.62. The fraction of sp³-hybridized carbons (Fsp3) is 0.667. The van der Waals surface area contributed by atoms with Gasteiger partial charge < -0.3 is 26.0 Å². The third-order valence-electron chi connectivity index (χ3n) is 6.35. The molecule has 2 saturated carbocycles. The maximum atomic E-state index is 13.2. The molecule has 5 N–H and O–H groups in total. The average molecular weight is 380 g/mol. The molecule has 0 bridgehead atoms. The van der Waals surface area contributed by atoms with Gasteiger partial charge in [-0.05, 0) is 21.0 Å². The molecule has 3 aliphatic carbocycles. The summed E-state index contributed by atoms with van der Waals surface area (Å²) in [6, 6.07) is -1.10. The minimum absolute atomic E-state index is 0.0423. The van der Waals surface area contributed by atoms with Crippen molar-refractivity contribution in [1.29, 1.82) is 0 Å². The van der Waals surface area contributed by atoms with E-state index in [1.54, 1.807) is 13.0 Å². The fourth-order valence-corrected chi connectivity index (χ4v) is 5.10. The summed E-state index contributed by atoms with van der Waals surface area (Å²) in [5.41, 5.74) is 3.09. The number of carbonyl (C=O) groups excluding carboxylic acids is 4. The highest BCUT2D eigenvalue weighted by Crippen LogP contribution is 2.50. The van der Waals surface area contributed by atoms with Crippen LogP contribution in [0.25, 0.3) is 0 Å². The molecule has 0 aliphatic heterocycles. The minimum Gasteiger partial charge on any atom is -0.392 e. The van der Waals surface area contributed by atoms with Gasteiger partial charge in [-0.3, -0.25) is 19.2 Å². The van der Waals surface area contributed by atoms with E-state index in [1.165, 1.54) is 19.0 Å². The van der Waals surface area contributed by atoms with E-state index in [9.17, 15) is 34.5 Å². The van der Waals surface area contributed by atoms with E-state index in [0.717, 1.165) is 0 Å². The first-order valence-corrected chi connectivity index (χ1v) is 8.78. The summed E-state index contributed by atoms with van der Waals surface area (Å²) in [6.45, 7) is 1.67. The number of fused-ring (bicyclic) bond motifs is 2. The number of amides is 1. The van der Waals surface area contributed by atoms with Crippen LogP contribution in [0.1, 0.15) is 13.3 Å². The van der Waals surface area contributed by atoms with Crippen LogP contribution in [0.4, 0.5) is 0 Å². The van der Waals surface area contributed by atoms with Crippen LogP contribution in [0, 0.1) is 23.7 Å². The van der Waals surface area contributed by atoms with Crippen LogP contribution in [0.2, 0.25) is 0 Å². The Balaban J connectivity index is 2.24. The number of rotatable bonds is 2. The van der Waals surface area contributed by atoms with Crippen molar-refractivity contribution in [2.45, 2.75) is 37.2 Å². The van der Waals surface area contributed by atoms with Crippen LogP contribution in [-0.2, 0) is 19.2 Å². The monoisotopic (exact) mass is 380 g/mol. The first-order valence-electron chi connectivity index (χ1n) is 8.78. The van der Waals surface area contributed by atoms with Gasteiger partial charge in [0.25, 0.3) is 0 Å². The second-order valence-electron chi connectivity index (χ2n) is 7.96. The second kappa shape index (κ2) is 6.30. The van der Waals surface area contributed by atoms with E-state index in [-0.39, 0.29) is 6.42 Å². The molecule has 7 unspecified atom stereocenters. The van der Waals surface area contributed by atoms with E-state index >= 15 is 0 Å². The molecule has 148 valence electrons. The Morgan fingerprint density at radius 2 is 1.78 bits per heavy atom. The summed E-state index contributed by atoms with van der Waals surface area (Å²) in [4.78, 5) is 51.8. The van der Waals surface area contributed by atoms with Gasteiger partial charge in [-0.15, -0.1) is 0 Å². The molecule has 0 spiro atoms. The zero-order valence-corrected chi connectivity index (χ0v) is 15.3. The maximum Gasteiger partial charge on any atom is 0.230 e. The summed E-state index contributed by atoms with van der Waals surface area (Å²) in [6.07, 6.45) is -1.49. The highest BCUT2D eigenvalue weighted by Gasteiger charge is 2.71. The summed E-state index contributed by atoms with van der Waals surface area (Å²) in [5.74, 6) is -9.46. The molecule has 0 radical (unpaired) electrons. The number of nitrogens with two attached hydrogens (primary N) is 1. The molecule has 0 aromatic heterocycles. The van der Waals surface area contributed by atoms with Crippen molar-refractivity contribution in [2.24, 2.45) is 29.4 Å². The molecule has 0 heterocycles. The number of likely N-dealkylation sites (N-methyl/N-ethyl adjacent to an activating group) is 1. The second-order valence-corrected chi connectivity index (χ2v) is 7.96. The molecule has 3 aliphatic rings. The normalized spacial score (nSPS) is 44.6. The van der Waals surface area contributed by atoms with Gasteiger partial charge in [0.15, 0.2) is 17.2 Å². The number of primary amides is 1. The Hall–Kier alpha value is -1.94. The van der Waals surface area contributed by atoms with Crippen molar-refractivity contribution in [1.82, 2.24) is 4.90 Å². The van der Waals surface area contributed by atoms with Gasteiger partial charge in [0.2, 0.25) is 5.91 Å². The molecule has 9 heteroatoms. The summed E-state index contributed by atoms with van der Waals surface area (Å²) in [7, 11) is 3.06. The predicted octanol–water partition coefficient (Wildman–Crippen LogP) is -2.60.